The van der Waals surface area contributed by atoms with Crippen molar-refractivity contribution in [3.8, 4) is 17.2 Å². The van der Waals surface area contributed by atoms with Crippen molar-refractivity contribution in [3.05, 3.63) is 87.3 Å². The molecule has 0 unspecified atom stereocenters. The second-order valence-corrected chi connectivity index (χ2v) is 7.60. The van der Waals surface area contributed by atoms with Crippen LogP contribution in [-0.2, 0) is 6.54 Å². The smallest absolute Gasteiger partial charge is 0.263 e. The minimum atomic E-state index is 0.0225. The first-order chi connectivity index (χ1) is 13.7. The summed E-state index contributed by atoms with van der Waals surface area (Å²) in [6.45, 7) is 0.630. The second-order valence-electron chi connectivity index (χ2n) is 6.74. The number of benzene rings is 2. The highest BCUT2D eigenvalue weighted by molar-refractivity contribution is 7.17. The van der Waals surface area contributed by atoms with Crippen molar-refractivity contribution in [1.82, 2.24) is 9.55 Å². The monoisotopic (exact) mass is 381 g/mol. The van der Waals surface area contributed by atoms with Crippen LogP contribution in [0.2, 0.25) is 0 Å². The van der Waals surface area contributed by atoms with Crippen LogP contribution in [0.1, 0.15) is 23.4 Å². The van der Waals surface area contributed by atoms with Crippen LogP contribution >= 0.6 is 11.3 Å². The average molecular weight is 381 g/mol. The van der Waals surface area contributed by atoms with Gasteiger partial charge >= 0.3 is 0 Å². The van der Waals surface area contributed by atoms with Crippen LogP contribution in [0.3, 0.4) is 0 Å². The number of nitriles is 1. The highest BCUT2D eigenvalue weighted by atomic mass is 32.1. The molecule has 2 aromatic heterocycles. The first-order valence-electron chi connectivity index (χ1n) is 9.03. The predicted octanol–water partition coefficient (Wildman–Crippen LogP) is 4.94. The second kappa shape index (κ2) is 6.59. The van der Waals surface area contributed by atoms with Crippen LogP contribution in [0.4, 0.5) is 0 Å². The summed E-state index contributed by atoms with van der Waals surface area (Å²) in [6, 6.07) is 19.6. The molecule has 0 fully saturated rings. The standard InChI is InChI=1S/C23H15N3OS/c24-13-16-6-4-5-15(11-16)12-18-9-10-26-21(18)25-22-20(23(26)27)19(14-28-22)17-7-2-1-3-8-17/h1-8,11-12,14H,9-10H2/b18-12+. The van der Waals surface area contributed by atoms with E-state index in [-0.39, 0.29) is 5.56 Å². The molecule has 134 valence electrons. The van der Waals surface area contributed by atoms with Crippen LogP contribution in [0.5, 0.6) is 0 Å². The third kappa shape index (κ3) is 2.67. The molecule has 0 saturated carbocycles. The summed E-state index contributed by atoms with van der Waals surface area (Å²) in [5.41, 5.74) is 4.62. The Morgan fingerprint density at radius 2 is 2.00 bits per heavy atom. The first kappa shape index (κ1) is 16.7. The van der Waals surface area contributed by atoms with Crippen LogP contribution in [0.25, 0.3) is 33.0 Å². The number of aromatic nitrogens is 2. The van der Waals surface area contributed by atoms with Gasteiger partial charge in [0.2, 0.25) is 0 Å². The minimum absolute atomic E-state index is 0.0225. The van der Waals surface area contributed by atoms with Crippen molar-refractivity contribution in [2.75, 3.05) is 0 Å². The van der Waals surface area contributed by atoms with Gasteiger partial charge in [-0.3, -0.25) is 9.36 Å². The summed E-state index contributed by atoms with van der Waals surface area (Å²) in [4.78, 5) is 18.8. The highest BCUT2D eigenvalue weighted by Gasteiger charge is 2.23. The predicted molar refractivity (Wildman–Crippen MR) is 113 cm³/mol. The average Bonchev–Trinajstić information content (AvgIpc) is 3.34. The molecule has 0 saturated heterocycles. The molecular formula is C23H15N3OS. The Hall–Kier alpha value is -3.49. The number of hydrogen-bond acceptors (Lipinski definition) is 4. The van der Waals surface area contributed by atoms with Gasteiger partial charge in [0.1, 0.15) is 10.7 Å². The number of nitrogens with zero attached hydrogens (tertiary/aromatic N) is 3. The fraction of sp³-hybridized carbons (Fsp3) is 0.0870. The summed E-state index contributed by atoms with van der Waals surface area (Å²) < 4.78 is 1.78. The lowest BCUT2D eigenvalue weighted by Gasteiger charge is -2.05. The van der Waals surface area contributed by atoms with Crippen molar-refractivity contribution >= 4 is 33.2 Å². The molecular weight excluding hydrogens is 366 g/mol. The Morgan fingerprint density at radius 1 is 1.14 bits per heavy atom. The Kier molecular flexibility index (Phi) is 3.92. The Balaban J connectivity index is 1.66. The number of thiophene rings is 1. The van der Waals surface area contributed by atoms with E-state index in [2.05, 4.69) is 6.07 Å². The van der Waals surface area contributed by atoms with Crippen molar-refractivity contribution < 1.29 is 0 Å². The third-order valence-corrected chi connectivity index (χ3v) is 5.90. The summed E-state index contributed by atoms with van der Waals surface area (Å²) in [5, 5.41) is 11.8. The maximum atomic E-state index is 13.2. The van der Waals surface area contributed by atoms with Crippen molar-refractivity contribution in [2.24, 2.45) is 0 Å². The molecule has 0 spiro atoms. The van der Waals surface area contributed by atoms with Gasteiger partial charge in [-0.1, -0.05) is 42.5 Å². The highest BCUT2D eigenvalue weighted by Crippen LogP contribution is 2.34. The summed E-state index contributed by atoms with van der Waals surface area (Å²) in [6.07, 6.45) is 2.79. The van der Waals surface area contributed by atoms with Crippen molar-refractivity contribution in [1.29, 1.82) is 5.26 Å². The summed E-state index contributed by atoms with van der Waals surface area (Å²) >= 11 is 1.51. The first-order valence-corrected chi connectivity index (χ1v) is 9.91. The van der Waals surface area contributed by atoms with Gasteiger partial charge in [-0.05, 0) is 41.3 Å². The lowest BCUT2D eigenvalue weighted by atomic mass is 10.1. The van der Waals surface area contributed by atoms with Gasteiger partial charge in [0.05, 0.1) is 17.0 Å². The molecule has 1 aliphatic rings. The topological polar surface area (TPSA) is 58.7 Å². The molecule has 0 N–H and O–H groups in total. The van der Waals surface area contributed by atoms with E-state index in [0.29, 0.717) is 17.5 Å². The lowest BCUT2D eigenvalue weighted by molar-refractivity contribution is 0.726. The zero-order chi connectivity index (χ0) is 19.1. The van der Waals surface area contributed by atoms with E-state index < -0.39 is 0 Å². The molecule has 3 heterocycles. The fourth-order valence-corrected chi connectivity index (χ4v) is 4.62. The maximum Gasteiger partial charge on any atom is 0.263 e. The minimum Gasteiger partial charge on any atom is -0.292 e. The molecule has 0 radical (unpaired) electrons. The van der Waals surface area contributed by atoms with Gasteiger partial charge < -0.3 is 0 Å². The Labute approximate surface area is 165 Å². The van der Waals surface area contributed by atoms with Gasteiger partial charge in [0.15, 0.2) is 0 Å². The third-order valence-electron chi connectivity index (χ3n) is 5.03. The van der Waals surface area contributed by atoms with E-state index in [0.717, 1.165) is 39.3 Å². The summed E-state index contributed by atoms with van der Waals surface area (Å²) in [7, 11) is 0. The Bertz CT molecular complexity index is 1340. The molecule has 2 aromatic carbocycles. The fourth-order valence-electron chi connectivity index (χ4n) is 3.69. The molecule has 0 atom stereocenters. The van der Waals surface area contributed by atoms with Crippen molar-refractivity contribution in [3.63, 3.8) is 0 Å². The quantitative estimate of drug-likeness (QED) is 0.494. The molecule has 0 bridgehead atoms. The van der Waals surface area contributed by atoms with Crippen LogP contribution < -0.4 is 5.56 Å². The molecule has 4 aromatic rings. The number of fused-ring (bicyclic) bond motifs is 2. The zero-order valence-electron chi connectivity index (χ0n) is 14.9. The lowest BCUT2D eigenvalue weighted by Crippen LogP contribution is -2.20. The van der Waals surface area contributed by atoms with Crippen LogP contribution in [0, 0.1) is 11.3 Å². The molecule has 5 heteroatoms. The van der Waals surface area contributed by atoms with E-state index >= 15 is 0 Å². The van der Waals surface area contributed by atoms with E-state index in [9.17, 15) is 4.79 Å². The van der Waals surface area contributed by atoms with Crippen LogP contribution in [0.15, 0.2) is 64.8 Å². The molecule has 1 aliphatic heterocycles. The molecule has 0 amide bonds. The van der Waals surface area contributed by atoms with Gasteiger partial charge in [0, 0.05) is 17.5 Å². The zero-order valence-corrected chi connectivity index (χ0v) is 15.7. The SMILES string of the molecule is N#Cc1cccc(/C=C2\CCn3c2nc2scc(-c4ccccc4)c2c3=O)c1. The number of rotatable bonds is 2. The maximum absolute atomic E-state index is 13.2. The largest absolute Gasteiger partial charge is 0.292 e. The van der Waals surface area contributed by atoms with E-state index in [1.165, 1.54) is 11.3 Å². The van der Waals surface area contributed by atoms with Gasteiger partial charge in [-0.25, -0.2) is 4.98 Å². The van der Waals surface area contributed by atoms with Crippen LogP contribution in [-0.4, -0.2) is 9.55 Å². The molecule has 4 nitrogen and oxygen atoms in total. The van der Waals surface area contributed by atoms with E-state index in [1.54, 1.807) is 10.6 Å². The Morgan fingerprint density at radius 3 is 2.82 bits per heavy atom. The summed E-state index contributed by atoms with van der Waals surface area (Å²) in [5.74, 6) is 0.737. The molecule has 28 heavy (non-hydrogen) atoms. The number of hydrogen-bond donors (Lipinski definition) is 0. The molecule has 5 rings (SSSR count). The van der Waals surface area contributed by atoms with Gasteiger partial charge in [-0.2, -0.15) is 5.26 Å². The van der Waals surface area contributed by atoms with Gasteiger partial charge in [-0.15, -0.1) is 11.3 Å². The normalized spacial score (nSPS) is 14.3. The van der Waals surface area contributed by atoms with E-state index in [4.69, 9.17) is 10.2 Å². The van der Waals surface area contributed by atoms with Crippen molar-refractivity contribution in [2.45, 2.75) is 13.0 Å². The molecule has 0 aliphatic carbocycles. The van der Waals surface area contributed by atoms with E-state index in [1.807, 2.05) is 60.0 Å². The van der Waals surface area contributed by atoms with Gasteiger partial charge in [0.25, 0.3) is 5.56 Å². The number of allylic oxidation sites excluding steroid dienone is 1.